The molecule has 0 amide bonds. The number of carboxylic acids is 2. The average Bonchev–Trinajstić information content (AvgIpc) is 2.16. The molecule has 8 nitrogen and oxygen atoms in total. The highest BCUT2D eigenvalue weighted by Gasteiger charge is 2.20. The second-order valence-corrected chi connectivity index (χ2v) is 6.59. The number of hydrogen-bond acceptors (Lipinski definition) is 6. The third-order valence-corrected chi connectivity index (χ3v) is 5.19. The van der Waals surface area contributed by atoms with E-state index in [1.807, 2.05) is 0 Å². The number of carbonyl (C=O) groups is 2. The summed E-state index contributed by atoms with van der Waals surface area (Å²) in [5, 5.41) is 16.6. The molecular weight excluding hydrogens is 272 g/mol. The standard InChI is InChI=1S/C7H14N2O6S2/c8-4(6(10)11)1-16(14)3-17(15)2-5(9)7(12)13/h4-5H,1-3,8-9H2,(H,10,11)(H,12,13). The van der Waals surface area contributed by atoms with E-state index in [-0.39, 0.29) is 16.6 Å². The maximum Gasteiger partial charge on any atom is 0.321 e. The maximum absolute atomic E-state index is 11.3. The lowest BCUT2D eigenvalue weighted by atomic mass is 10.4. The van der Waals surface area contributed by atoms with E-state index < -0.39 is 45.6 Å². The van der Waals surface area contributed by atoms with Crippen molar-refractivity contribution >= 4 is 33.5 Å². The molecule has 0 aliphatic rings. The SMILES string of the molecule is NC(CS(=O)CS(=O)CC(N)C(=O)O)C(=O)O. The van der Waals surface area contributed by atoms with Gasteiger partial charge in [-0.25, -0.2) is 0 Å². The smallest absolute Gasteiger partial charge is 0.321 e. The summed E-state index contributed by atoms with van der Waals surface area (Å²) < 4.78 is 22.6. The number of hydrogen-bond donors (Lipinski definition) is 4. The lowest BCUT2D eigenvalue weighted by molar-refractivity contribution is -0.138. The van der Waals surface area contributed by atoms with E-state index in [2.05, 4.69) is 0 Å². The summed E-state index contributed by atoms with van der Waals surface area (Å²) in [6.45, 7) is 0. The van der Waals surface area contributed by atoms with Crippen LogP contribution in [0.5, 0.6) is 0 Å². The number of aliphatic carboxylic acids is 2. The molecule has 4 atom stereocenters. The largest absolute Gasteiger partial charge is 0.480 e. The fraction of sp³-hybridized carbons (Fsp3) is 0.714. The molecule has 0 aliphatic carbocycles. The van der Waals surface area contributed by atoms with Gasteiger partial charge in [-0.15, -0.1) is 0 Å². The molecule has 0 aromatic heterocycles. The van der Waals surface area contributed by atoms with Crippen molar-refractivity contribution in [3.8, 4) is 0 Å². The number of nitrogens with two attached hydrogens (primary N) is 2. The molecule has 0 heterocycles. The molecule has 0 saturated carbocycles. The Labute approximate surface area is 102 Å². The molecule has 0 rings (SSSR count). The zero-order valence-electron chi connectivity index (χ0n) is 8.77. The van der Waals surface area contributed by atoms with Crippen LogP contribution in [0.25, 0.3) is 0 Å². The highest BCUT2D eigenvalue weighted by Crippen LogP contribution is 1.95. The number of carboxylic acid groups (broad SMARTS) is 2. The zero-order valence-corrected chi connectivity index (χ0v) is 10.4. The van der Waals surface area contributed by atoms with Crippen LogP contribution in [0.2, 0.25) is 0 Å². The summed E-state index contributed by atoms with van der Waals surface area (Å²) in [6.07, 6.45) is 0. The Morgan fingerprint density at radius 2 is 1.24 bits per heavy atom. The van der Waals surface area contributed by atoms with E-state index in [0.717, 1.165) is 0 Å². The van der Waals surface area contributed by atoms with Gasteiger partial charge >= 0.3 is 11.9 Å². The van der Waals surface area contributed by atoms with Gasteiger partial charge in [-0.1, -0.05) is 0 Å². The van der Waals surface area contributed by atoms with Crippen molar-refractivity contribution in [3.05, 3.63) is 0 Å². The molecule has 4 unspecified atom stereocenters. The van der Waals surface area contributed by atoms with E-state index in [1.165, 1.54) is 0 Å². The van der Waals surface area contributed by atoms with E-state index in [1.54, 1.807) is 0 Å². The maximum atomic E-state index is 11.3. The number of rotatable bonds is 8. The van der Waals surface area contributed by atoms with Crippen molar-refractivity contribution in [2.45, 2.75) is 12.1 Å². The van der Waals surface area contributed by atoms with E-state index in [4.69, 9.17) is 21.7 Å². The molecule has 0 fully saturated rings. The molecule has 0 saturated heterocycles. The van der Waals surface area contributed by atoms with Crippen LogP contribution < -0.4 is 11.5 Å². The van der Waals surface area contributed by atoms with Crippen LogP contribution in [0.1, 0.15) is 0 Å². The van der Waals surface area contributed by atoms with Gasteiger partial charge in [0.15, 0.2) is 0 Å². The summed E-state index contributed by atoms with van der Waals surface area (Å²) in [6, 6.07) is -2.58. The van der Waals surface area contributed by atoms with E-state index >= 15 is 0 Å². The third kappa shape index (κ3) is 7.15. The molecule has 0 radical (unpaired) electrons. The molecule has 17 heavy (non-hydrogen) atoms. The van der Waals surface area contributed by atoms with Crippen molar-refractivity contribution in [1.29, 1.82) is 0 Å². The van der Waals surface area contributed by atoms with Crippen LogP contribution in [-0.4, -0.2) is 59.2 Å². The first-order chi connectivity index (χ1) is 7.73. The van der Waals surface area contributed by atoms with Gasteiger partial charge in [-0.05, 0) is 0 Å². The highest BCUT2D eigenvalue weighted by molar-refractivity contribution is 8.01. The highest BCUT2D eigenvalue weighted by atomic mass is 32.2. The molecule has 0 aliphatic heterocycles. The van der Waals surface area contributed by atoms with E-state index in [9.17, 15) is 18.0 Å². The lowest BCUT2D eigenvalue weighted by Crippen LogP contribution is -2.38. The minimum atomic E-state index is -1.68. The van der Waals surface area contributed by atoms with Crippen LogP contribution in [-0.2, 0) is 31.2 Å². The fourth-order valence-electron chi connectivity index (χ4n) is 0.786. The molecule has 6 N–H and O–H groups in total. The van der Waals surface area contributed by atoms with Crippen LogP contribution in [0.4, 0.5) is 0 Å². The van der Waals surface area contributed by atoms with Crippen LogP contribution in [0.15, 0.2) is 0 Å². The Hall–Kier alpha value is -0.840. The fourth-order valence-corrected chi connectivity index (χ4v) is 3.81. The second kappa shape index (κ2) is 7.48. The van der Waals surface area contributed by atoms with Gasteiger partial charge in [0.25, 0.3) is 0 Å². The first kappa shape index (κ1) is 16.2. The third-order valence-electron chi connectivity index (χ3n) is 1.63. The van der Waals surface area contributed by atoms with Crippen molar-refractivity contribution in [1.82, 2.24) is 0 Å². The van der Waals surface area contributed by atoms with Crippen LogP contribution >= 0.6 is 0 Å². The minimum Gasteiger partial charge on any atom is -0.480 e. The summed E-state index contributed by atoms with van der Waals surface area (Å²) in [5.74, 6) is -3.26. The Morgan fingerprint density at radius 1 is 0.941 bits per heavy atom. The molecule has 0 aromatic carbocycles. The summed E-state index contributed by atoms with van der Waals surface area (Å²) >= 11 is 0. The Bertz CT molecular complexity index is 315. The van der Waals surface area contributed by atoms with Crippen molar-refractivity contribution in [3.63, 3.8) is 0 Å². The minimum absolute atomic E-state index is 0.330. The second-order valence-electron chi connectivity index (χ2n) is 3.22. The van der Waals surface area contributed by atoms with Crippen LogP contribution in [0, 0.1) is 0 Å². The Morgan fingerprint density at radius 3 is 1.47 bits per heavy atom. The summed E-state index contributed by atoms with van der Waals surface area (Å²) in [4.78, 5) is 20.7. The van der Waals surface area contributed by atoms with Crippen molar-refractivity contribution < 1.29 is 28.2 Å². The first-order valence-electron chi connectivity index (χ1n) is 4.40. The Balaban J connectivity index is 4.09. The van der Waals surface area contributed by atoms with Crippen molar-refractivity contribution in [2.75, 3.05) is 16.6 Å². The van der Waals surface area contributed by atoms with Gasteiger partial charge in [-0.3, -0.25) is 18.0 Å². The Kier molecular flexibility index (Phi) is 7.11. The normalized spacial score (nSPS) is 18.0. The molecule has 0 spiro atoms. The molecule has 0 aromatic rings. The van der Waals surface area contributed by atoms with Gasteiger partial charge in [0.1, 0.15) is 12.1 Å². The topological polar surface area (TPSA) is 161 Å². The lowest BCUT2D eigenvalue weighted by Gasteiger charge is -2.08. The molecular formula is C7H14N2O6S2. The van der Waals surface area contributed by atoms with Gasteiger partial charge in [-0.2, -0.15) is 0 Å². The first-order valence-corrected chi connectivity index (χ1v) is 7.38. The quantitative estimate of drug-likeness (QED) is 0.374. The summed E-state index contributed by atoms with van der Waals surface area (Å²) in [5.41, 5.74) is 10.3. The van der Waals surface area contributed by atoms with Gasteiger partial charge in [0.2, 0.25) is 0 Å². The van der Waals surface area contributed by atoms with Gasteiger partial charge < -0.3 is 21.7 Å². The molecule has 10 heteroatoms. The zero-order chi connectivity index (χ0) is 13.6. The van der Waals surface area contributed by atoms with E-state index in [0.29, 0.717) is 0 Å². The van der Waals surface area contributed by atoms with Crippen LogP contribution in [0.3, 0.4) is 0 Å². The van der Waals surface area contributed by atoms with Gasteiger partial charge in [0, 0.05) is 21.6 Å². The van der Waals surface area contributed by atoms with Crippen molar-refractivity contribution in [2.24, 2.45) is 11.5 Å². The summed E-state index contributed by atoms with van der Waals surface area (Å²) in [7, 11) is -3.37. The average molecular weight is 286 g/mol. The molecule has 0 bridgehead atoms. The predicted octanol–water partition coefficient (Wildman–Crippen LogP) is -2.73. The monoisotopic (exact) mass is 286 g/mol. The predicted molar refractivity (Wildman–Crippen MR) is 62.1 cm³/mol. The van der Waals surface area contributed by atoms with Gasteiger partial charge in [0.05, 0.1) is 16.6 Å². The molecule has 100 valence electrons.